The highest BCUT2D eigenvalue weighted by molar-refractivity contribution is 6.42. The van der Waals surface area contributed by atoms with Gasteiger partial charge in [0.15, 0.2) is 0 Å². The van der Waals surface area contributed by atoms with Crippen molar-refractivity contribution in [1.29, 1.82) is 0 Å². The summed E-state index contributed by atoms with van der Waals surface area (Å²) in [5.41, 5.74) is 18.0. The summed E-state index contributed by atoms with van der Waals surface area (Å²) in [7, 11) is 1.72. The predicted octanol–water partition coefficient (Wildman–Crippen LogP) is 17.5. The summed E-state index contributed by atoms with van der Waals surface area (Å²) in [6, 6.07) is 62.2. The third kappa shape index (κ3) is 8.64. The lowest BCUT2D eigenvalue weighted by Crippen LogP contribution is -2.16. The minimum Gasteiger partial charge on any atom is -0.496 e. The first-order valence-corrected chi connectivity index (χ1v) is 23.5. The molecule has 3 aromatic heterocycles. The van der Waals surface area contributed by atoms with Crippen molar-refractivity contribution in [2.45, 2.75) is 52.4 Å². The molecule has 67 heavy (non-hydrogen) atoms. The molecule has 0 aliphatic rings. The third-order valence-corrected chi connectivity index (χ3v) is 13.5. The molecule has 0 aliphatic carbocycles. The van der Waals surface area contributed by atoms with E-state index in [1.54, 1.807) is 7.11 Å². The van der Waals surface area contributed by atoms with E-state index < -0.39 is 0 Å². The zero-order chi connectivity index (χ0) is 46.6. The van der Waals surface area contributed by atoms with E-state index in [2.05, 4.69) is 186 Å². The van der Waals surface area contributed by atoms with Crippen LogP contribution in [0.15, 0.2) is 182 Å². The normalized spacial score (nSPS) is 12.0. The van der Waals surface area contributed by atoms with E-state index in [9.17, 15) is 0 Å². The molecule has 0 saturated carbocycles. The van der Waals surface area contributed by atoms with E-state index in [-0.39, 0.29) is 10.8 Å². The summed E-state index contributed by atoms with van der Waals surface area (Å²) >= 11 is 12.7. The zero-order valence-corrected chi connectivity index (χ0v) is 40.3. The number of benzene rings is 7. The molecule has 10 aromatic rings. The molecule has 0 unspecified atom stereocenters. The molecule has 0 bridgehead atoms. The molecular weight excluding hydrogens is 862 g/mol. The second kappa shape index (κ2) is 17.3. The van der Waals surface area contributed by atoms with Crippen molar-refractivity contribution in [3.05, 3.63) is 203 Å². The maximum absolute atomic E-state index is 6.44. The van der Waals surface area contributed by atoms with Gasteiger partial charge in [0.2, 0.25) is 0 Å². The summed E-state index contributed by atoms with van der Waals surface area (Å²) in [5, 5.41) is 3.44. The van der Waals surface area contributed by atoms with Gasteiger partial charge in [-0.3, -0.25) is 4.98 Å². The van der Waals surface area contributed by atoms with Crippen LogP contribution < -0.4 is 4.74 Å². The zero-order valence-electron chi connectivity index (χ0n) is 38.8. The molecule has 4 nitrogen and oxygen atoms in total. The molecule has 0 saturated heterocycles. The number of rotatable bonds is 8. The van der Waals surface area contributed by atoms with Gasteiger partial charge in [0.1, 0.15) is 5.75 Å². The number of nitrogens with zero attached hydrogens (tertiary/aromatic N) is 3. The monoisotopic (exact) mass is 911 g/mol. The van der Waals surface area contributed by atoms with Crippen LogP contribution in [0.25, 0.3) is 94.6 Å². The number of hydrogen-bond donors (Lipinski definition) is 0. The highest BCUT2D eigenvalue weighted by Crippen LogP contribution is 2.40. The van der Waals surface area contributed by atoms with Crippen molar-refractivity contribution < 1.29 is 4.74 Å². The first-order valence-electron chi connectivity index (χ1n) is 22.7. The quantitative estimate of drug-likeness (QED) is 0.152. The number of fused-ring (bicyclic) bond motifs is 3. The van der Waals surface area contributed by atoms with Crippen LogP contribution in [0, 0.1) is 0 Å². The maximum atomic E-state index is 6.44. The van der Waals surface area contributed by atoms with Crippen LogP contribution in [0.2, 0.25) is 10.0 Å². The van der Waals surface area contributed by atoms with Crippen LogP contribution in [0.1, 0.15) is 52.7 Å². The van der Waals surface area contributed by atoms with Crippen LogP contribution >= 0.6 is 23.2 Å². The summed E-state index contributed by atoms with van der Waals surface area (Å²) in [4.78, 5) is 10.3. The molecule has 0 amide bonds. The fourth-order valence-electron chi connectivity index (χ4n) is 9.04. The van der Waals surface area contributed by atoms with E-state index in [0.717, 1.165) is 84.1 Å². The topological polar surface area (TPSA) is 39.9 Å². The van der Waals surface area contributed by atoms with Gasteiger partial charge in [-0.05, 0) is 140 Å². The summed E-state index contributed by atoms with van der Waals surface area (Å²) < 4.78 is 8.22. The fraction of sp³-hybridized carbons (Fsp3) is 0.148. The Labute approximate surface area is 403 Å². The Hall–Kier alpha value is -6.98. The summed E-state index contributed by atoms with van der Waals surface area (Å²) in [5.74, 6) is 0.781. The van der Waals surface area contributed by atoms with Crippen molar-refractivity contribution in [1.82, 2.24) is 14.5 Å². The lowest BCUT2D eigenvalue weighted by Gasteiger charge is -2.26. The molecule has 330 valence electrons. The molecular formula is C61H51Cl2N3O. The Balaban J connectivity index is 1.05. The average Bonchev–Trinajstić information content (AvgIpc) is 3.68. The standard InChI is InChI=1S/C61H51Cl2N3O/c1-60(2,3)46-29-44(30-47(37-46)61(4,5)6)45-35-55(65-56(36-45)50-19-9-11-21-59(50)67-7)43-16-12-15-42(28-43)54-34-41(26-27-64-54)39-23-25-58-51(32-39)49-18-8-10-20-57(49)66(58)48-17-13-14-38(31-48)40-22-24-52(62)53(63)33-40/h8-37H,1-7H3. The van der Waals surface area contributed by atoms with Crippen LogP contribution in [-0.4, -0.2) is 21.6 Å². The van der Waals surface area contributed by atoms with Crippen molar-refractivity contribution in [2.24, 2.45) is 0 Å². The number of ether oxygens (including phenoxy) is 1. The lowest BCUT2D eigenvalue weighted by molar-refractivity contribution is 0.416. The first kappa shape index (κ1) is 43.9. The molecule has 0 fully saturated rings. The number of pyridine rings is 2. The molecule has 0 atom stereocenters. The van der Waals surface area contributed by atoms with Crippen molar-refractivity contribution in [3.8, 4) is 78.6 Å². The van der Waals surface area contributed by atoms with Gasteiger partial charge in [-0.1, -0.05) is 156 Å². The van der Waals surface area contributed by atoms with Crippen molar-refractivity contribution in [3.63, 3.8) is 0 Å². The predicted molar refractivity (Wildman–Crippen MR) is 283 cm³/mol. The second-order valence-electron chi connectivity index (χ2n) is 19.4. The average molecular weight is 913 g/mol. The van der Waals surface area contributed by atoms with Gasteiger partial charge in [-0.15, -0.1) is 0 Å². The van der Waals surface area contributed by atoms with Gasteiger partial charge < -0.3 is 9.30 Å². The Morgan fingerprint density at radius 1 is 0.433 bits per heavy atom. The van der Waals surface area contributed by atoms with E-state index >= 15 is 0 Å². The van der Waals surface area contributed by atoms with E-state index in [1.165, 1.54) is 27.5 Å². The second-order valence-corrected chi connectivity index (χ2v) is 20.2. The summed E-state index contributed by atoms with van der Waals surface area (Å²) in [6.07, 6.45) is 1.91. The number of aromatic nitrogens is 3. The van der Waals surface area contributed by atoms with E-state index in [1.807, 2.05) is 42.6 Å². The summed E-state index contributed by atoms with van der Waals surface area (Å²) in [6.45, 7) is 13.7. The molecule has 6 heteroatoms. The van der Waals surface area contributed by atoms with Crippen molar-refractivity contribution in [2.75, 3.05) is 7.11 Å². The number of para-hydroxylation sites is 2. The highest BCUT2D eigenvalue weighted by Gasteiger charge is 2.23. The first-order chi connectivity index (χ1) is 32.2. The van der Waals surface area contributed by atoms with Crippen molar-refractivity contribution >= 4 is 45.0 Å². The van der Waals surface area contributed by atoms with Gasteiger partial charge in [-0.2, -0.15) is 0 Å². The van der Waals surface area contributed by atoms with Crippen LogP contribution in [0.3, 0.4) is 0 Å². The Morgan fingerprint density at radius 3 is 1.79 bits per heavy atom. The largest absolute Gasteiger partial charge is 0.496 e. The molecule has 0 N–H and O–H groups in total. The lowest BCUT2D eigenvalue weighted by atomic mass is 9.79. The highest BCUT2D eigenvalue weighted by atomic mass is 35.5. The maximum Gasteiger partial charge on any atom is 0.128 e. The van der Waals surface area contributed by atoms with Gasteiger partial charge in [-0.25, -0.2) is 4.98 Å². The smallest absolute Gasteiger partial charge is 0.128 e. The Morgan fingerprint density at radius 2 is 1.03 bits per heavy atom. The number of hydrogen-bond acceptors (Lipinski definition) is 3. The minimum atomic E-state index is -0.0283. The number of methoxy groups -OCH3 is 1. The van der Waals surface area contributed by atoms with Gasteiger partial charge in [0.25, 0.3) is 0 Å². The van der Waals surface area contributed by atoms with Crippen LogP contribution in [0.4, 0.5) is 0 Å². The molecule has 3 heterocycles. The Kier molecular flexibility index (Phi) is 11.4. The van der Waals surface area contributed by atoms with Gasteiger partial charge in [0, 0.05) is 39.3 Å². The Bertz CT molecular complexity index is 3480. The van der Waals surface area contributed by atoms with Gasteiger partial charge >= 0.3 is 0 Å². The molecule has 10 rings (SSSR count). The molecule has 0 aliphatic heterocycles. The van der Waals surface area contributed by atoms with Crippen LogP contribution in [0.5, 0.6) is 5.75 Å². The minimum absolute atomic E-state index is 0.0283. The number of halogens is 2. The van der Waals surface area contributed by atoms with E-state index in [4.69, 9.17) is 37.9 Å². The van der Waals surface area contributed by atoms with Crippen LogP contribution in [-0.2, 0) is 10.8 Å². The molecule has 0 radical (unpaired) electrons. The molecule has 7 aromatic carbocycles. The van der Waals surface area contributed by atoms with E-state index in [0.29, 0.717) is 10.0 Å². The molecule has 0 spiro atoms. The SMILES string of the molecule is COc1ccccc1-c1cc(-c2cc(C(C)(C)C)cc(C(C)(C)C)c2)cc(-c2cccc(-c3cc(-c4ccc5c(c4)c4ccccc4n5-c4cccc(-c5ccc(Cl)c(Cl)c5)c4)ccn3)c2)n1. The third-order valence-electron chi connectivity index (χ3n) is 12.8. The fourth-order valence-corrected chi connectivity index (χ4v) is 9.33. The van der Waals surface area contributed by atoms with Gasteiger partial charge in [0.05, 0.1) is 45.3 Å².